The van der Waals surface area contributed by atoms with Gasteiger partial charge in [-0.05, 0) is 24.3 Å². The van der Waals surface area contributed by atoms with E-state index in [-0.39, 0.29) is 11.0 Å². The minimum Gasteiger partial charge on any atom is -0.463 e. The largest absolute Gasteiger partial charge is 0.463 e. The standard InChI is InChI=1S/C15H11F3N4O2/c16-15(17,18)14-20-11-5-1-2-6-12(11)22(14)9-13(23)21-19-8-10-4-3-7-24-10/h1-8H,9H2,(H,21,23)/b19-8-. The number of hydrogen-bond acceptors (Lipinski definition) is 4. The van der Waals surface area contributed by atoms with E-state index >= 15 is 0 Å². The van der Waals surface area contributed by atoms with Gasteiger partial charge in [0.1, 0.15) is 12.3 Å². The highest BCUT2D eigenvalue weighted by molar-refractivity contribution is 5.82. The number of para-hydroxylation sites is 2. The number of hydrogen-bond donors (Lipinski definition) is 1. The zero-order valence-corrected chi connectivity index (χ0v) is 12.1. The predicted molar refractivity (Wildman–Crippen MR) is 79.2 cm³/mol. The fraction of sp³-hybridized carbons (Fsp3) is 0.133. The van der Waals surface area contributed by atoms with Gasteiger partial charge in [-0.2, -0.15) is 18.3 Å². The quantitative estimate of drug-likeness (QED) is 0.588. The van der Waals surface area contributed by atoms with Crippen molar-refractivity contribution < 1.29 is 22.4 Å². The van der Waals surface area contributed by atoms with Crippen molar-refractivity contribution in [1.29, 1.82) is 0 Å². The molecule has 0 saturated carbocycles. The van der Waals surface area contributed by atoms with Gasteiger partial charge in [0.2, 0.25) is 5.82 Å². The summed E-state index contributed by atoms with van der Waals surface area (Å²) < 4.78 is 45.1. The van der Waals surface area contributed by atoms with E-state index in [1.807, 2.05) is 0 Å². The third-order valence-corrected chi connectivity index (χ3v) is 3.13. The van der Waals surface area contributed by atoms with Gasteiger partial charge in [-0.15, -0.1) is 0 Å². The van der Waals surface area contributed by atoms with E-state index in [0.29, 0.717) is 5.76 Å². The maximum absolute atomic E-state index is 13.1. The molecule has 24 heavy (non-hydrogen) atoms. The van der Waals surface area contributed by atoms with Crippen molar-refractivity contribution in [2.45, 2.75) is 12.7 Å². The number of carbonyl (C=O) groups is 1. The summed E-state index contributed by atoms with van der Waals surface area (Å²) in [6.45, 7) is -0.565. The van der Waals surface area contributed by atoms with Gasteiger partial charge >= 0.3 is 6.18 Å². The number of hydrazone groups is 1. The van der Waals surface area contributed by atoms with Crippen LogP contribution >= 0.6 is 0 Å². The molecule has 2 heterocycles. The average molecular weight is 336 g/mol. The zero-order valence-electron chi connectivity index (χ0n) is 12.1. The summed E-state index contributed by atoms with van der Waals surface area (Å²) in [5.74, 6) is -1.44. The lowest BCUT2D eigenvalue weighted by Crippen LogP contribution is -2.26. The van der Waals surface area contributed by atoms with Crippen LogP contribution in [0.4, 0.5) is 13.2 Å². The SMILES string of the molecule is O=C(Cn1c(C(F)(F)F)nc2ccccc21)N/N=C\c1ccco1. The summed E-state index contributed by atoms with van der Waals surface area (Å²) in [6.07, 6.45) is -2.00. The van der Waals surface area contributed by atoms with Crippen molar-refractivity contribution in [3.8, 4) is 0 Å². The highest BCUT2D eigenvalue weighted by Gasteiger charge is 2.37. The molecule has 6 nitrogen and oxygen atoms in total. The molecular weight excluding hydrogens is 325 g/mol. The highest BCUT2D eigenvalue weighted by Crippen LogP contribution is 2.31. The molecule has 1 aromatic carbocycles. The molecule has 0 aliphatic heterocycles. The van der Waals surface area contributed by atoms with Crippen LogP contribution in [0.1, 0.15) is 11.6 Å². The first-order valence-electron chi connectivity index (χ1n) is 6.83. The van der Waals surface area contributed by atoms with Gasteiger partial charge in [-0.3, -0.25) is 4.79 Å². The van der Waals surface area contributed by atoms with Gasteiger partial charge in [0, 0.05) is 0 Å². The van der Waals surface area contributed by atoms with Crippen LogP contribution in [0.15, 0.2) is 52.2 Å². The lowest BCUT2D eigenvalue weighted by atomic mass is 10.3. The molecule has 0 aliphatic rings. The Balaban J connectivity index is 1.82. The highest BCUT2D eigenvalue weighted by atomic mass is 19.4. The molecule has 0 fully saturated rings. The van der Waals surface area contributed by atoms with Crippen molar-refractivity contribution in [3.63, 3.8) is 0 Å². The number of aromatic nitrogens is 2. The Morgan fingerprint density at radius 2 is 2.08 bits per heavy atom. The third-order valence-electron chi connectivity index (χ3n) is 3.13. The molecule has 0 atom stereocenters. The zero-order chi connectivity index (χ0) is 17.2. The Kier molecular flexibility index (Phi) is 4.07. The van der Waals surface area contributed by atoms with Crippen molar-refractivity contribution in [2.24, 2.45) is 5.10 Å². The van der Waals surface area contributed by atoms with Crippen LogP contribution in [0.5, 0.6) is 0 Å². The summed E-state index contributed by atoms with van der Waals surface area (Å²) in [6, 6.07) is 9.32. The number of furan rings is 1. The number of halogens is 3. The molecule has 0 aliphatic carbocycles. The summed E-state index contributed by atoms with van der Waals surface area (Å²) >= 11 is 0. The fourth-order valence-electron chi connectivity index (χ4n) is 2.16. The molecule has 0 spiro atoms. The molecule has 3 rings (SSSR count). The Hall–Kier alpha value is -3.10. The number of nitrogens with zero attached hydrogens (tertiary/aromatic N) is 3. The lowest BCUT2D eigenvalue weighted by Gasteiger charge is -2.10. The number of carbonyl (C=O) groups excluding carboxylic acids is 1. The smallest absolute Gasteiger partial charge is 0.449 e. The van der Waals surface area contributed by atoms with Gasteiger partial charge in [-0.25, -0.2) is 10.4 Å². The molecule has 2 aromatic heterocycles. The number of fused-ring (bicyclic) bond motifs is 1. The Labute approximate surface area is 133 Å². The molecule has 0 bridgehead atoms. The van der Waals surface area contributed by atoms with Crippen LogP contribution in [-0.2, 0) is 17.5 Å². The van der Waals surface area contributed by atoms with E-state index < -0.39 is 24.5 Å². The second-order valence-electron chi connectivity index (χ2n) is 4.82. The molecule has 1 N–H and O–H groups in total. The van der Waals surface area contributed by atoms with Crippen molar-refractivity contribution >= 4 is 23.2 Å². The van der Waals surface area contributed by atoms with E-state index in [4.69, 9.17) is 4.42 Å². The summed E-state index contributed by atoms with van der Waals surface area (Å²) in [4.78, 5) is 15.5. The molecule has 3 aromatic rings. The second-order valence-corrected chi connectivity index (χ2v) is 4.82. The van der Waals surface area contributed by atoms with Crippen molar-refractivity contribution in [1.82, 2.24) is 15.0 Å². The van der Waals surface area contributed by atoms with Gasteiger partial charge in [0.05, 0.1) is 23.5 Å². The minimum absolute atomic E-state index is 0.164. The summed E-state index contributed by atoms with van der Waals surface area (Å²) in [5.41, 5.74) is 2.54. The molecule has 9 heteroatoms. The Morgan fingerprint density at radius 1 is 1.29 bits per heavy atom. The van der Waals surface area contributed by atoms with Gasteiger partial charge in [0.25, 0.3) is 5.91 Å². The van der Waals surface area contributed by atoms with Crippen molar-refractivity contribution in [3.05, 3.63) is 54.2 Å². The summed E-state index contributed by atoms with van der Waals surface area (Å²) in [7, 11) is 0. The molecular formula is C15H11F3N4O2. The van der Waals surface area contributed by atoms with E-state index in [9.17, 15) is 18.0 Å². The van der Waals surface area contributed by atoms with Gasteiger partial charge in [-0.1, -0.05) is 12.1 Å². The van der Waals surface area contributed by atoms with E-state index in [1.54, 1.807) is 24.3 Å². The Bertz CT molecular complexity index is 882. The maximum atomic E-state index is 13.1. The fourth-order valence-corrected chi connectivity index (χ4v) is 2.16. The van der Waals surface area contributed by atoms with Crippen LogP contribution in [-0.4, -0.2) is 21.7 Å². The van der Waals surface area contributed by atoms with Crippen LogP contribution < -0.4 is 5.43 Å². The number of imidazole rings is 1. The van der Waals surface area contributed by atoms with Crippen LogP contribution in [0.25, 0.3) is 11.0 Å². The van der Waals surface area contributed by atoms with Crippen molar-refractivity contribution in [2.75, 3.05) is 0 Å². The molecule has 124 valence electrons. The minimum atomic E-state index is -4.67. The number of rotatable bonds is 4. The first-order chi connectivity index (χ1) is 11.4. The molecule has 0 saturated heterocycles. The van der Waals surface area contributed by atoms with Crippen LogP contribution in [0.3, 0.4) is 0 Å². The maximum Gasteiger partial charge on any atom is 0.449 e. The van der Waals surface area contributed by atoms with Crippen LogP contribution in [0.2, 0.25) is 0 Å². The van der Waals surface area contributed by atoms with Gasteiger partial charge in [0.15, 0.2) is 0 Å². The normalized spacial score (nSPS) is 12.1. The summed E-state index contributed by atoms with van der Waals surface area (Å²) in [5, 5.41) is 3.63. The first-order valence-corrected chi connectivity index (χ1v) is 6.83. The van der Waals surface area contributed by atoms with Gasteiger partial charge < -0.3 is 8.98 Å². The average Bonchev–Trinajstić information content (AvgIpc) is 3.15. The van der Waals surface area contributed by atoms with Crippen LogP contribution in [0, 0.1) is 0 Å². The third kappa shape index (κ3) is 3.29. The molecule has 0 unspecified atom stereocenters. The number of benzene rings is 1. The number of alkyl halides is 3. The number of nitrogens with one attached hydrogen (secondary N) is 1. The predicted octanol–water partition coefficient (Wildman–Crippen LogP) is 2.80. The topological polar surface area (TPSA) is 72.4 Å². The lowest BCUT2D eigenvalue weighted by molar-refractivity contribution is -0.147. The first kappa shape index (κ1) is 15.8. The second kappa shape index (κ2) is 6.19. The Morgan fingerprint density at radius 3 is 2.79 bits per heavy atom. The number of amides is 1. The van der Waals surface area contributed by atoms with E-state index in [1.165, 1.54) is 24.6 Å². The molecule has 1 amide bonds. The monoisotopic (exact) mass is 336 g/mol. The molecule has 0 radical (unpaired) electrons. The van der Waals surface area contributed by atoms with E-state index in [2.05, 4.69) is 15.5 Å². The van der Waals surface area contributed by atoms with E-state index in [0.717, 1.165) is 4.57 Å².